The fourth-order valence-electron chi connectivity index (χ4n) is 0.359. The van der Waals surface area contributed by atoms with Gasteiger partial charge in [0.1, 0.15) is 0 Å². The van der Waals surface area contributed by atoms with Gasteiger partial charge in [-0.05, 0) is 13.0 Å². The first-order valence-corrected chi connectivity index (χ1v) is 2.64. The number of hydrogen-bond acceptors (Lipinski definition) is 4. The zero-order valence-electron chi connectivity index (χ0n) is 5.00. The second-order valence-electron chi connectivity index (χ2n) is 1.48. The molecule has 0 aliphatic heterocycles. The Labute approximate surface area is 53.0 Å². The van der Waals surface area contributed by atoms with E-state index in [1.807, 2.05) is 0 Å². The van der Waals surface area contributed by atoms with Crippen molar-refractivity contribution in [3.05, 3.63) is 0 Å². The van der Waals surface area contributed by atoms with E-state index in [4.69, 9.17) is 5.73 Å². The van der Waals surface area contributed by atoms with Gasteiger partial charge in [0, 0.05) is 6.42 Å². The van der Waals surface area contributed by atoms with Crippen molar-refractivity contribution in [2.24, 2.45) is 5.73 Å². The van der Waals surface area contributed by atoms with Crippen LogP contribution < -0.4 is 5.73 Å². The first-order chi connectivity index (χ1) is 4.31. The van der Waals surface area contributed by atoms with Gasteiger partial charge in [-0.1, -0.05) is 0 Å². The lowest BCUT2D eigenvalue weighted by Crippen LogP contribution is -2.06. The Morgan fingerprint density at radius 3 is 2.78 bits per heavy atom. The van der Waals surface area contributed by atoms with Gasteiger partial charge < -0.3 is 10.5 Å². The molecule has 0 aromatic carbocycles. The number of nitrogens with two attached hydrogens (primary N) is 1. The molecular weight excluding hydrogens is 122 g/mol. The van der Waals surface area contributed by atoms with Gasteiger partial charge in [0.2, 0.25) is 0 Å². The summed E-state index contributed by atoms with van der Waals surface area (Å²) in [6.45, 7) is 0.562. The fourth-order valence-corrected chi connectivity index (χ4v) is 0.359. The molecule has 4 heteroatoms. The molecule has 0 spiro atoms. The maximum atomic E-state index is 10.3. The minimum Gasteiger partial charge on any atom is -0.395 e. The predicted octanol–water partition coefficient (Wildman–Crippen LogP) is -0.575. The molecule has 2 N–H and O–H groups in total. The Hall–Kier alpha value is -0.900. The lowest BCUT2D eigenvalue weighted by Gasteiger charge is -1.92. The lowest BCUT2D eigenvalue weighted by atomic mass is 10.3. The molecule has 0 heterocycles. The van der Waals surface area contributed by atoms with Crippen LogP contribution >= 0.6 is 0 Å². The number of esters is 1. The molecule has 0 fully saturated rings. The number of rotatable bonds is 4. The van der Waals surface area contributed by atoms with E-state index in [0.29, 0.717) is 13.0 Å². The molecule has 0 aromatic heterocycles. The molecule has 0 aliphatic rings. The smallest absolute Gasteiger partial charge is 0.313 e. The SMILES string of the molecule is NCCCC(=O)OC=O. The Morgan fingerprint density at radius 2 is 2.33 bits per heavy atom. The van der Waals surface area contributed by atoms with Crippen molar-refractivity contribution < 1.29 is 14.3 Å². The van der Waals surface area contributed by atoms with E-state index in [1.165, 1.54) is 0 Å². The fraction of sp³-hybridized carbons (Fsp3) is 0.600. The van der Waals surface area contributed by atoms with Gasteiger partial charge in [0.25, 0.3) is 0 Å². The third-order valence-electron chi connectivity index (χ3n) is 0.765. The summed E-state index contributed by atoms with van der Waals surface area (Å²) in [7, 11) is 0. The van der Waals surface area contributed by atoms with Crippen LogP contribution in [-0.4, -0.2) is 19.0 Å². The van der Waals surface area contributed by atoms with Crippen LogP contribution in [0.4, 0.5) is 0 Å². The van der Waals surface area contributed by atoms with Crippen molar-refractivity contribution in [2.75, 3.05) is 6.54 Å². The van der Waals surface area contributed by atoms with Gasteiger partial charge in [0.15, 0.2) is 0 Å². The van der Waals surface area contributed by atoms with Crippen molar-refractivity contribution in [1.29, 1.82) is 0 Å². The molecule has 0 bridgehead atoms. The molecule has 0 aromatic rings. The minimum atomic E-state index is -0.518. The topological polar surface area (TPSA) is 69.4 Å². The van der Waals surface area contributed by atoms with Crippen molar-refractivity contribution in [3.63, 3.8) is 0 Å². The summed E-state index contributed by atoms with van der Waals surface area (Å²) < 4.78 is 3.97. The monoisotopic (exact) mass is 131 g/mol. The van der Waals surface area contributed by atoms with E-state index in [-0.39, 0.29) is 12.9 Å². The third kappa shape index (κ3) is 4.96. The summed E-state index contributed by atoms with van der Waals surface area (Å²) in [5.41, 5.74) is 5.08. The predicted molar refractivity (Wildman–Crippen MR) is 30.4 cm³/mol. The minimum absolute atomic E-state index is 0.124. The summed E-state index contributed by atoms with van der Waals surface area (Å²) in [5, 5.41) is 0. The highest BCUT2D eigenvalue weighted by atomic mass is 16.6. The Kier molecular flexibility index (Phi) is 4.72. The highest BCUT2D eigenvalue weighted by Crippen LogP contribution is 1.87. The van der Waals surface area contributed by atoms with Crippen LogP contribution in [0.15, 0.2) is 0 Å². The van der Waals surface area contributed by atoms with Crippen LogP contribution in [0.5, 0.6) is 0 Å². The molecule has 0 aliphatic carbocycles. The van der Waals surface area contributed by atoms with Gasteiger partial charge in [-0.15, -0.1) is 0 Å². The van der Waals surface area contributed by atoms with Gasteiger partial charge in [-0.25, -0.2) is 0 Å². The lowest BCUT2D eigenvalue weighted by molar-refractivity contribution is -0.151. The third-order valence-corrected chi connectivity index (χ3v) is 0.765. The van der Waals surface area contributed by atoms with E-state index in [1.54, 1.807) is 0 Å². The first-order valence-electron chi connectivity index (χ1n) is 2.64. The summed E-state index contributed by atoms with van der Waals surface area (Å²) in [4.78, 5) is 19.8. The normalized spacial score (nSPS) is 8.56. The molecule has 0 amide bonds. The van der Waals surface area contributed by atoms with E-state index in [0.717, 1.165) is 0 Å². The molecule has 52 valence electrons. The summed E-state index contributed by atoms with van der Waals surface area (Å²) in [6.07, 6.45) is 0.780. The Bertz CT molecular complexity index is 102. The number of carbonyl (C=O) groups is 2. The van der Waals surface area contributed by atoms with Gasteiger partial charge in [-0.3, -0.25) is 9.59 Å². The van der Waals surface area contributed by atoms with Crippen LogP contribution in [0, 0.1) is 0 Å². The van der Waals surface area contributed by atoms with Crippen LogP contribution in [0.1, 0.15) is 12.8 Å². The van der Waals surface area contributed by atoms with Crippen molar-refractivity contribution >= 4 is 12.4 Å². The second kappa shape index (κ2) is 5.24. The molecule has 0 saturated heterocycles. The average molecular weight is 131 g/mol. The van der Waals surface area contributed by atoms with E-state index >= 15 is 0 Å². The molecule has 0 saturated carbocycles. The van der Waals surface area contributed by atoms with Crippen molar-refractivity contribution in [3.8, 4) is 0 Å². The maximum absolute atomic E-state index is 10.3. The van der Waals surface area contributed by atoms with Crippen molar-refractivity contribution in [1.82, 2.24) is 0 Å². The zero-order valence-corrected chi connectivity index (χ0v) is 5.00. The Morgan fingerprint density at radius 1 is 1.67 bits per heavy atom. The van der Waals surface area contributed by atoms with Gasteiger partial charge in [0.05, 0.1) is 0 Å². The largest absolute Gasteiger partial charge is 0.395 e. The van der Waals surface area contributed by atoms with Gasteiger partial charge >= 0.3 is 12.4 Å². The number of carbonyl (C=O) groups excluding carboxylic acids is 2. The molecule has 4 nitrogen and oxygen atoms in total. The average Bonchev–Trinajstić information content (AvgIpc) is 1.85. The molecule has 0 rings (SSSR count). The van der Waals surface area contributed by atoms with Crippen LogP contribution in [0.2, 0.25) is 0 Å². The Balaban J connectivity index is 3.16. The second-order valence-corrected chi connectivity index (χ2v) is 1.48. The molecular formula is C5H9NO3. The molecule has 0 radical (unpaired) electrons. The maximum Gasteiger partial charge on any atom is 0.313 e. The van der Waals surface area contributed by atoms with E-state index in [9.17, 15) is 9.59 Å². The van der Waals surface area contributed by atoms with E-state index < -0.39 is 5.97 Å². The summed E-state index contributed by atoms with van der Waals surface area (Å²) in [6, 6.07) is 0. The van der Waals surface area contributed by atoms with Gasteiger partial charge in [-0.2, -0.15) is 0 Å². The van der Waals surface area contributed by atoms with Crippen LogP contribution in [0.25, 0.3) is 0 Å². The summed E-state index contributed by atoms with van der Waals surface area (Å²) in [5.74, 6) is -0.518. The zero-order chi connectivity index (χ0) is 7.11. The highest BCUT2D eigenvalue weighted by Gasteiger charge is 1.98. The molecule has 9 heavy (non-hydrogen) atoms. The first kappa shape index (κ1) is 8.10. The summed E-state index contributed by atoms with van der Waals surface area (Å²) >= 11 is 0. The number of ether oxygens (including phenoxy) is 1. The van der Waals surface area contributed by atoms with E-state index in [2.05, 4.69) is 4.74 Å². The highest BCUT2D eigenvalue weighted by molar-refractivity contribution is 5.76. The molecule has 0 unspecified atom stereocenters. The molecule has 0 atom stereocenters. The van der Waals surface area contributed by atoms with Crippen LogP contribution in [-0.2, 0) is 14.3 Å². The number of hydrogen-bond donors (Lipinski definition) is 1. The van der Waals surface area contributed by atoms with Crippen LogP contribution in [0.3, 0.4) is 0 Å². The van der Waals surface area contributed by atoms with Crippen molar-refractivity contribution in [2.45, 2.75) is 12.8 Å². The quantitative estimate of drug-likeness (QED) is 0.315. The standard InChI is InChI=1S/C5H9NO3/c6-3-1-2-5(8)9-4-7/h4H,1-3,6H2.